The lowest BCUT2D eigenvalue weighted by Crippen LogP contribution is -1.79. The van der Waals surface area contributed by atoms with Gasteiger partial charge in [-0.05, 0) is 0 Å². The highest BCUT2D eigenvalue weighted by molar-refractivity contribution is 5.37. The summed E-state index contributed by atoms with van der Waals surface area (Å²) in [7, 11) is 0. The maximum Gasteiger partial charge on any atom is 0.262 e. The average Bonchev–Trinajstić information content (AvgIpc) is 1.83. The van der Waals surface area contributed by atoms with Crippen LogP contribution in [0.2, 0.25) is 0 Å². The van der Waals surface area contributed by atoms with Crippen molar-refractivity contribution < 1.29 is 15.3 Å². The van der Waals surface area contributed by atoms with E-state index >= 15 is 0 Å². The Balaban J connectivity index is 3.25. The molecule has 0 saturated carbocycles. The van der Waals surface area contributed by atoms with E-state index in [4.69, 9.17) is 15.3 Å². The second-order valence-electron chi connectivity index (χ2n) is 1.32. The molecule has 1 rings (SSSR count). The lowest BCUT2D eigenvalue weighted by atomic mass is 10.5. The zero-order valence-corrected chi connectivity index (χ0v) is 4.24. The molecule has 9 heavy (non-hydrogen) atoms. The minimum atomic E-state index is -0.728. The standard InChI is InChI=1S/C4H3N2O3/c7-2-3(8)5-1-6-4(2)9/h7H,(H2,5,6,8,9). The first-order valence-corrected chi connectivity index (χ1v) is 2.07. The molecule has 1 aromatic heterocycles. The van der Waals surface area contributed by atoms with Crippen LogP contribution >= 0.6 is 0 Å². The molecule has 0 aliphatic heterocycles. The van der Waals surface area contributed by atoms with Crippen LogP contribution in [0.1, 0.15) is 0 Å². The van der Waals surface area contributed by atoms with Crippen molar-refractivity contribution >= 4 is 0 Å². The molecule has 0 atom stereocenters. The van der Waals surface area contributed by atoms with Crippen LogP contribution in [0.25, 0.3) is 0 Å². The maximum absolute atomic E-state index is 8.56. The molecule has 0 bridgehead atoms. The Morgan fingerprint density at radius 1 is 1.00 bits per heavy atom. The predicted octanol–water partition coefficient (Wildman–Crippen LogP) is -0.606. The number of rotatable bonds is 0. The molecule has 5 nitrogen and oxygen atoms in total. The van der Waals surface area contributed by atoms with E-state index < -0.39 is 17.5 Å². The van der Waals surface area contributed by atoms with Crippen molar-refractivity contribution in [3.63, 3.8) is 0 Å². The molecule has 5 heteroatoms. The number of hydrogen-bond acceptors (Lipinski definition) is 5. The highest BCUT2D eigenvalue weighted by Crippen LogP contribution is 2.27. The lowest BCUT2D eigenvalue weighted by molar-refractivity contribution is 0.346. The lowest BCUT2D eigenvalue weighted by Gasteiger charge is -1.93. The number of nitrogens with zero attached hydrogens (tertiary/aromatic N) is 2. The molecule has 0 spiro atoms. The molecule has 0 aliphatic carbocycles. The number of hydrogen-bond donors (Lipinski definition) is 3. The van der Waals surface area contributed by atoms with Crippen LogP contribution in [-0.2, 0) is 0 Å². The minimum Gasteiger partial charge on any atom is -0.499 e. The smallest absolute Gasteiger partial charge is 0.262 e. The quantitative estimate of drug-likeness (QED) is 0.433. The highest BCUT2D eigenvalue weighted by Gasteiger charge is 2.05. The fraction of sp³-hybridized carbons (Fsp3) is 0. The second kappa shape index (κ2) is 1.77. The Labute approximate surface area is 50.3 Å². The molecule has 1 aromatic rings. The third-order valence-corrected chi connectivity index (χ3v) is 0.735. The molecule has 0 fully saturated rings. The first kappa shape index (κ1) is 5.61. The van der Waals surface area contributed by atoms with Crippen molar-refractivity contribution in [3.05, 3.63) is 6.33 Å². The molecular weight excluding hydrogens is 124 g/mol. The molecule has 47 valence electrons. The van der Waals surface area contributed by atoms with Crippen LogP contribution in [0, 0.1) is 6.33 Å². The Bertz CT molecular complexity index is 205. The molecule has 0 aromatic carbocycles. The van der Waals surface area contributed by atoms with E-state index in [1.54, 1.807) is 0 Å². The predicted molar refractivity (Wildman–Crippen MR) is 25.9 cm³/mol. The van der Waals surface area contributed by atoms with Crippen LogP contribution in [0.15, 0.2) is 0 Å². The van der Waals surface area contributed by atoms with Crippen LogP contribution < -0.4 is 0 Å². The maximum atomic E-state index is 8.56. The Hall–Kier alpha value is -1.52. The molecule has 3 N–H and O–H groups in total. The van der Waals surface area contributed by atoms with Gasteiger partial charge in [-0.25, -0.2) is 0 Å². The summed E-state index contributed by atoms with van der Waals surface area (Å²) in [4.78, 5) is 6.10. The van der Waals surface area contributed by atoms with Crippen molar-refractivity contribution in [2.45, 2.75) is 0 Å². The highest BCUT2D eigenvalue weighted by atomic mass is 16.3. The van der Waals surface area contributed by atoms with E-state index in [2.05, 4.69) is 9.97 Å². The SMILES string of the molecule is Oc1n[c]nc(O)c1O. The van der Waals surface area contributed by atoms with Gasteiger partial charge in [0, 0.05) is 0 Å². The van der Waals surface area contributed by atoms with E-state index in [9.17, 15) is 0 Å². The van der Waals surface area contributed by atoms with Gasteiger partial charge in [0.15, 0.2) is 0 Å². The first-order chi connectivity index (χ1) is 4.22. The molecule has 1 heterocycles. The summed E-state index contributed by atoms with van der Waals surface area (Å²) in [6.07, 6.45) is 1.91. The largest absolute Gasteiger partial charge is 0.499 e. The summed E-state index contributed by atoms with van der Waals surface area (Å²) >= 11 is 0. The van der Waals surface area contributed by atoms with Gasteiger partial charge in [-0.3, -0.25) is 0 Å². The van der Waals surface area contributed by atoms with Gasteiger partial charge in [0.25, 0.3) is 11.8 Å². The topological polar surface area (TPSA) is 86.5 Å². The van der Waals surface area contributed by atoms with Gasteiger partial charge in [-0.2, -0.15) is 9.97 Å². The molecule has 0 aliphatic rings. The molecule has 0 unspecified atom stereocenters. The summed E-state index contributed by atoms with van der Waals surface area (Å²) in [5, 5.41) is 25.6. The number of aromatic nitrogens is 2. The summed E-state index contributed by atoms with van der Waals surface area (Å²) in [6, 6.07) is 0. The van der Waals surface area contributed by atoms with E-state index in [0.717, 1.165) is 0 Å². The van der Waals surface area contributed by atoms with Crippen LogP contribution in [-0.4, -0.2) is 25.3 Å². The van der Waals surface area contributed by atoms with Gasteiger partial charge in [-0.15, -0.1) is 0 Å². The minimum absolute atomic E-state index is 0.678. The normalized spacial score (nSPS) is 9.33. The Kier molecular flexibility index (Phi) is 1.11. The van der Waals surface area contributed by atoms with Gasteiger partial charge >= 0.3 is 0 Å². The summed E-state index contributed by atoms with van der Waals surface area (Å²) < 4.78 is 0. The van der Waals surface area contributed by atoms with E-state index in [1.165, 1.54) is 0 Å². The summed E-state index contributed by atoms with van der Waals surface area (Å²) in [5.74, 6) is -2.08. The third kappa shape index (κ3) is 0.835. The Morgan fingerprint density at radius 3 is 1.78 bits per heavy atom. The summed E-state index contributed by atoms with van der Waals surface area (Å²) in [5.41, 5.74) is 0. The van der Waals surface area contributed by atoms with Crippen LogP contribution in [0.4, 0.5) is 0 Å². The van der Waals surface area contributed by atoms with E-state index in [0.29, 0.717) is 0 Å². The van der Waals surface area contributed by atoms with Gasteiger partial charge in [-0.1, -0.05) is 0 Å². The van der Waals surface area contributed by atoms with Crippen molar-refractivity contribution in [3.8, 4) is 17.5 Å². The average molecular weight is 127 g/mol. The fourth-order valence-electron chi connectivity index (χ4n) is 0.326. The Morgan fingerprint density at radius 2 is 1.44 bits per heavy atom. The monoisotopic (exact) mass is 127 g/mol. The van der Waals surface area contributed by atoms with E-state index in [-0.39, 0.29) is 0 Å². The molecule has 1 radical (unpaired) electrons. The fourth-order valence-corrected chi connectivity index (χ4v) is 0.326. The molecular formula is C4H3N2O3. The zero-order chi connectivity index (χ0) is 6.85. The van der Waals surface area contributed by atoms with Gasteiger partial charge in [0.1, 0.15) is 0 Å². The van der Waals surface area contributed by atoms with Crippen molar-refractivity contribution in [1.82, 2.24) is 9.97 Å². The molecule has 0 saturated heterocycles. The third-order valence-electron chi connectivity index (χ3n) is 0.735. The van der Waals surface area contributed by atoms with Gasteiger partial charge in [0.2, 0.25) is 12.1 Å². The zero-order valence-electron chi connectivity index (χ0n) is 4.24. The van der Waals surface area contributed by atoms with E-state index in [1.807, 2.05) is 6.33 Å². The van der Waals surface area contributed by atoms with Crippen LogP contribution in [0.3, 0.4) is 0 Å². The summed E-state index contributed by atoms with van der Waals surface area (Å²) in [6.45, 7) is 0. The van der Waals surface area contributed by atoms with Gasteiger partial charge < -0.3 is 15.3 Å². The van der Waals surface area contributed by atoms with Crippen molar-refractivity contribution in [1.29, 1.82) is 0 Å². The van der Waals surface area contributed by atoms with Crippen molar-refractivity contribution in [2.75, 3.05) is 0 Å². The van der Waals surface area contributed by atoms with Gasteiger partial charge in [0.05, 0.1) is 0 Å². The van der Waals surface area contributed by atoms with Crippen molar-refractivity contribution in [2.24, 2.45) is 0 Å². The van der Waals surface area contributed by atoms with Crippen LogP contribution in [0.5, 0.6) is 17.5 Å². The number of aromatic hydroxyl groups is 3. The first-order valence-electron chi connectivity index (χ1n) is 2.07. The molecule has 0 amide bonds. The second-order valence-corrected chi connectivity index (χ2v) is 1.32.